The fraction of sp³-hybridized carbons (Fsp3) is 0.364. The van der Waals surface area contributed by atoms with E-state index in [0.717, 1.165) is 6.07 Å². The molecule has 0 aromatic heterocycles. The summed E-state index contributed by atoms with van der Waals surface area (Å²) in [5.74, 6) is -0.490. The number of hydrogen-bond acceptors (Lipinski definition) is 1. The third kappa shape index (κ3) is 1.82. The second-order valence-corrected chi connectivity index (χ2v) is 4.14. The molecule has 0 N–H and O–H groups in total. The van der Waals surface area contributed by atoms with Crippen molar-refractivity contribution in [3.8, 4) is 0 Å². The Morgan fingerprint density at radius 2 is 2.00 bits per heavy atom. The van der Waals surface area contributed by atoms with Crippen molar-refractivity contribution >= 4 is 17.4 Å². The van der Waals surface area contributed by atoms with Crippen LogP contribution in [0.2, 0.25) is 5.02 Å². The molecule has 0 spiro atoms. The molecule has 1 nitrogen and oxygen atoms in total. The quantitative estimate of drug-likeness (QED) is 0.739. The molecule has 2 rings (SSSR count). The lowest BCUT2D eigenvalue weighted by molar-refractivity contribution is -0.137. The maximum Gasteiger partial charge on any atom is 0.417 e. The number of alkyl halides is 3. The van der Waals surface area contributed by atoms with Gasteiger partial charge in [-0.05, 0) is 18.1 Å². The van der Waals surface area contributed by atoms with Crippen molar-refractivity contribution in [3.05, 3.63) is 34.3 Å². The van der Waals surface area contributed by atoms with Crippen molar-refractivity contribution in [1.29, 1.82) is 0 Å². The molecule has 1 aromatic rings. The van der Waals surface area contributed by atoms with Crippen LogP contribution >= 0.6 is 11.6 Å². The van der Waals surface area contributed by atoms with Gasteiger partial charge >= 0.3 is 6.18 Å². The Balaban J connectivity index is 2.45. The van der Waals surface area contributed by atoms with Gasteiger partial charge < -0.3 is 0 Å². The summed E-state index contributed by atoms with van der Waals surface area (Å²) in [6, 6.07) is 3.70. The van der Waals surface area contributed by atoms with Gasteiger partial charge in [-0.25, -0.2) is 0 Å². The van der Waals surface area contributed by atoms with Crippen molar-refractivity contribution in [3.63, 3.8) is 0 Å². The van der Waals surface area contributed by atoms with E-state index in [1.807, 2.05) is 0 Å². The van der Waals surface area contributed by atoms with Gasteiger partial charge in [0.05, 0.1) is 10.6 Å². The summed E-state index contributed by atoms with van der Waals surface area (Å²) in [4.78, 5) is 11.2. The van der Waals surface area contributed by atoms with E-state index < -0.39 is 17.7 Å². The topological polar surface area (TPSA) is 17.1 Å². The van der Waals surface area contributed by atoms with E-state index in [9.17, 15) is 18.0 Å². The Labute approximate surface area is 95.2 Å². The van der Waals surface area contributed by atoms with Gasteiger partial charge in [0.25, 0.3) is 0 Å². The molecule has 1 saturated carbocycles. The minimum absolute atomic E-state index is 0.0405. The van der Waals surface area contributed by atoms with Gasteiger partial charge in [-0.15, -0.1) is 0 Å². The summed E-state index contributed by atoms with van der Waals surface area (Å²) in [7, 11) is 0. The molecule has 0 aliphatic heterocycles. The molecule has 1 atom stereocenters. The zero-order valence-corrected chi connectivity index (χ0v) is 8.90. The van der Waals surface area contributed by atoms with Crippen LogP contribution in [-0.2, 0) is 11.0 Å². The number of hydrogen-bond donors (Lipinski definition) is 0. The SMILES string of the molecule is O=C1CCC1c1cccc(C(F)(F)F)c1Cl. The lowest BCUT2D eigenvalue weighted by Crippen LogP contribution is -2.24. The lowest BCUT2D eigenvalue weighted by atomic mass is 9.78. The second kappa shape index (κ2) is 3.77. The summed E-state index contributed by atoms with van der Waals surface area (Å²) in [5.41, 5.74) is -0.570. The van der Waals surface area contributed by atoms with Crippen LogP contribution in [-0.4, -0.2) is 5.78 Å². The Bertz CT molecular complexity index is 439. The Morgan fingerprint density at radius 1 is 1.31 bits per heavy atom. The first-order valence-corrected chi connectivity index (χ1v) is 5.17. The van der Waals surface area contributed by atoms with Crippen LogP contribution in [0.25, 0.3) is 0 Å². The van der Waals surface area contributed by atoms with Crippen molar-refractivity contribution in [2.45, 2.75) is 24.9 Å². The largest absolute Gasteiger partial charge is 0.417 e. The van der Waals surface area contributed by atoms with Crippen LogP contribution in [0.1, 0.15) is 29.9 Å². The molecule has 1 aliphatic rings. The predicted molar refractivity (Wildman–Crippen MR) is 53.4 cm³/mol. The third-order valence-corrected chi connectivity index (χ3v) is 3.20. The Morgan fingerprint density at radius 3 is 2.44 bits per heavy atom. The van der Waals surface area contributed by atoms with Crippen LogP contribution in [0, 0.1) is 0 Å². The van der Waals surface area contributed by atoms with Crippen LogP contribution in [0.5, 0.6) is 0 Å². The number of carbonyl (C=O) groups is 1. The highest BCUT2D eigenvalue weighted by Crippen LogP contribution is 2.42. The molecule has 1 unspecified atom stereocenters. The first-order chi connectivity index (χ1) is 7.41. The fourth-order valence-electron chi connectivity index (χ4n) is 1.77. The van der Waals surface area contributed by atoms with E-state index in [4.69, 9.17) is 11.6 Å². The molecule has 16 heavy (non-hydrogen) atoms. The molecule has 1 aliphatic carbocycles. The van der Waals surface area contributed by atoms with Crippen LogP contribution in [0.3, 0.4) is 0 Å². The van der Waals surface area contributed by atoms with E-state index >= 15 is 0 Å². The number of ketones is 1. The van der Waals surface area contributed by atoms with Gasteiger partial charge in [0, 0.05) is 12.3 Å². The van der Waals surface area contributed by atoms with Gasteiger partial charge in [-0.1, -0.05) is 23.7 Å². The zero-order chi connectivity index (χ0) is 11.9. The van der Waals surface area contributed by atoms with Crippen molar-refractivity contribution in [2.24, 2.45) is 0 Å². The van der Waals surface area contributed by atoms with Gasteiger partial charge in [0.15, 0.2) is 0 Å². The summed E-state index contributed by atoms with van der Waals surface area (Å²) < 4.78 is 37.6. The van der Waals surface area contributed by atoms with E-state index in [-0.39, 0.29) is 10.8 Å². The number of Topliss-reactive ketones (excluding diaryl/α,β-unsaturated/α-hetero) is 1. The maximum atomic E-state index is 12.5. The molecule has 0 saturated heterocycles. The van der Waals surface area contributed by atoms with E-state index in [2.05, 4.69) is 0 Å². The second-order valence-electron chi connectivity index (χ2n) is 3.76. The first-order valence-electron chi connectivity index (χ1n) is 4.79. The van der Waals surface area contributed by atoms with Crippen molar-refractivity contribution < 1.29 is 18.0 Å². The van der Waals surface area contributed by atoms with Crippen LogP contribution in [0.4, 0.5) is 13.2 Å². The summed E-state index contributed by atoms with van der Waals surface area (Å²) in [5, 5.41) is -0.340. The molecule has 1 fully saturated rings. The van der Waals surface area contributed by atoms with Gasteiger partial charge in [-0.2, -0.15) is 13.2 Å². The van der Waals surface area contributed by atoms with Crippen LogP contribution < -0.4 is 0 Å². The smallest absolute Gasteiger partial charge is 0.299 e. The van der Waals surface area contributed by atoms with Crippen molar-refractivity contribution in [1.82, 2.24) is 0 Å². The van der Waals surface area contributed by atoms with E-state index in [0.29, 0.717) is 18.4 Å². The van der Waals surface area contributed by atoms with Crippen LogP contribution in [0.15, 0.2) is 18.2 Å². The lowest BCUT2D eigenvalue weighted by Gasteiger charge is -2.26. The fourth-order valence-corrected chi connectivity index (χ4v) is 2.14. The molecule has 0 radical (unpaired) electrons. The summed E-state index contributed by atoms with van der Waals surface area (Å²) in [6.07, 6.45) is -3.46. The molecule has 0 heterocycles. The highest BCUT2D eigenvalue weighted by atomic mass is 35.5. The average molecular weight is 249 g/mol. The molecular weight excluding hydrogens is 241 g/mol. The summed E-state index contributed by atoms with van der Waals surface area (Å²) in [6.45, 7) is 0. The van der Waals surface area contributed by atoms with E-state index in [1.165, 1.54) is 12.1 Å². The normalized spacial score (nSPS) is 20.8. The molecule has 86 valence electrons. The number of carbonyl (C=O) groups excluding carboxylic acids is 1. The molecular formula is C11H8ClF3O. The van der Waals surface area contributed by atoms with Crippen molar-refractivity contribution in [2.75, 3.05) is 0 Å². The summed E-state index contributed by atoms with van der Waals surface area (Å²) >= 11 is 5.69. The minimum atomic E-state index is -4.47. The number of rotatable bonds is 1. The molecule has 0 amide bonds. The molecule has 5 heteroatoms. The average Bonchev–Trinajstić information content (AvgIpc) is 2.17. The highest BCUT2D eigenvalue weighted by Gasteiger charge is 2.37. The zero-order valence-electron chi connectivity index (χ0n) is 8.14. The van der Waals surface area contributed by atoms with Gasteiger partial charge in [0.2, 0.25) is 0 Å². The predicted octanol–water partition coefficient (Wildman–Crippen LogP) is 3.81. The Kier molecular flexibility index (Phi) is 2.70. The number of benzene rings is 1. The van der Waals surface area contributed by atoms with E-state index in [1.54, 1.807) is 0 Å². The molecule has 0 bridgehead atoms. The van der Waals surface area contributed by atoms with Gasteiger partial charge in [0.1, 0.15) is 5.78 Å². The Hall–Kier alpha value is -1.03. The number of halogens is 4. The monoisotopic (exact) mass is 248 g/mol. The third-order valence-electron chi connectivity index (χ3n) is 2.78. The molecule has 1 aromatic carbocycles. The van der Waals surface area contributed by atoms with Gasteiger partial charge in [-0.3, -0.25) is 4.79 Å². The first kappa shape index (κ1) is 11.5. The standard InChI is InChI=1S/C11H8ClF3O/c12-10-7(6-4-5-9(6)16)2-1-3-8(10)11(13,14)15/h1-3,6H,4-5H2. The highest BCUT2D eigenvalue weighted by molar-refractivity contribution is 6.32. The minimum Gasteiger partial charge on any atom is -0.299 e. The maximum absolute atomic E-state index is 12.5.